The number of cyclic esters (lactones) is 2. The second-order valence-corrected chi connectivity index (χ2v) is 11.6. The Hall–Kier alpha value is -4.11. The molecule has 0 aliphatic carbocycles. The zero-order valence-electron chi connectivity index (χ0n) is 25.7. The summed E-state index contributed by atoms with van der Waals surface area (Å²) in [4.78, 5) is 52.5. The van der Waals surface area contributed by atoms with Gasteiger partial charge in [-0.3, -0.25) is 14.4 Å². The molecule has 1 aliphatic rings. The number of ether oxygens (including phenoxy) is 3. The van der Waals surface area contributed by atoms with Crippen LogP contribution in [-0.4, -0.2) is 55.7 Å². The lowest BCUT2D eigenvalue weighted by Crippen LogP contribution is -2.49. The van der Waals surface area contributed by atoms with E-state index in [0.717, 1.165) is 5.56 Å². The van der Waals surface area contributed by atoms with Gasteiger partial charge in [0.2, 0.25) is 17.9 Å². The van der Waals surface area contributed by atoms with Gasteiger partial charge in [0.25, 0.3) is 0 Å². The van der Waals surface area contributed by atoms with Gasteiger partial charge in [0.1, 0.15) is 17.9 Å². The molecule has 0 bridgehead atoms. The van der Waals surface area contributed by atoms with Gasteiger partial charge in [-0.05, 0) is 29.3 Å². The van der Waals surface area contributed by atoms with Crippen molar-refractivity contribution < 1.29 is 33.4 Å². The van der Waals surface area contributed by atoms with Gasteiger partial charge in [0, 0.05) is 31.2 Å². The van der Waals surface area contributed by atoms with Crippen LogP contribution < -0.4 is 15.4 Å². The third kappa shape index (κ3) is 10.3. The maximum absolute atomic E-state index is 13.3. The van der Waals surface area contributed by atoms with Crippen LogP contribution in [0.2, 0.25) is 5.02 Å². The molecule has 236 valence electrons. The van der Waals surface area contributed by atoms with Crippen LogP contribution in [0, 0.1) is 17.8 Å². The molecule has 1 unspecified atom stereocenters. The van der Waals surface area contributed by atoms with Crippen LogP contribution in [0.1, 0.15) is 45.2 Å². The van der Waals surface area contributed by atoms with Gasteiger partial charge in [-0.25, -0.2) is 4.79 Å². The number of esters is 2. The van der Waals surface area contributed by atoms with E-state index >= 15 is 0 Å². The summed E-state index contributed by atoms with van der Waals surface area (Å²) in [6, 6.07) is 13.9. The molecule has 10 heteroatoms. The zero-order chi connectivity index (χ0) is 32.2. The average molecular weight is 625 g/mol. The topological polar surface area (TPSA) is 120 Å². The van der Waals surface area contributed by atoms with Crippen molar-refractivity contribution in [1.82, 2.24) is 10.6 Å². The summed E-state index contributed by atoms with van der Waals surface area (Å²) in [5.74, 6) is -3.18. The molecule has 3 rings (SSSR count). The van der Waals surface area contributed by atoms with E-state index in [1.165, 1.54) is 13.2 Å². The molecule has 5 atom stereocenters. The summed E-state index contributed by atoms with van der Waals surface area (Å²) in [6.07, 6.45) is 5.35. The number of carbonyl (C=O) groups excluding carboxylic acids is 4. The molecule has 0 saturated carbocycles. The summed E-state index contributed by atoms with van der Waals surface area (Å²) in [5, 5.41) is 5.83. The number of nitrogens with one attached hydrogen (secondary N) is 2. The molecule has 2 aromatic rings. The van der Waals surface area contributed by atoms with Crippen LogP contribution in [0.15, 0.2) is 66.8 Å². The fraction of sp³-hybridized carbons (Fsp3) is 0.412. The van der Waals surface area contributed by atoms with Crippen molar-refractivity contribution >= 4 is 41.4 Å². The van der Waals surface area contributed by atoms with E-state index in [-0.39, 0.29) is 31.2 Å². The van der Waals surface area contributed by atoms with E-state index in [9.17, 15) is 19.2 Å². The van der Waals surface area contributed by atoms with Gasteiger partial charge in [-0.1, -0.05) is 93.9 Å². The predicted molar refractivity (Wildman–Crippen MR) is 169 cm³/mol. The van der Waals surface area contributed by atoms with Crippen molar-refractivity contribution in [3.8, 4) is 5.75 Å². The fourth-order valence-corrected chi connectivity index (χ4v) is 4.79. The van der Waals surface area contributed by atoms with Crippen molar-refractivity contribution in [2.45, 2.75) is 58.8 Å². The third-order valence-electron chi connectivity index (χ3n) is 7.24. The minimum atomic E-state index is -1.14. The standard InChI is InChI=1S/C34H41ClN2O7/c1-21(2)31-34(41)43-28(22(3)14-15-24-10-7-6-8-11-24)12-9-13-30(38)37-27(32(39)36-20-23(4)33(40)44-31)19-25-16-17-29(42-5)26(35)18-25/h6-11,13-18,21-23,27-28,31H,12,19-20H2,1-5H3,(H,36,39)(H,37,38)/b13-9+,15-14+/t22?,23-,27-,28+,31+/m1/s1. The lowest BCUT2D eigenvalue weighted by Gasteiger charge is -2.27. The third-order valence-corrected chi connectivity index (χ3v) is 7.53. The zero-order valence-corrected chi connectivity index (χ0v) is 26.5. The summed E-state index contributed by atoms with van der Waals surface area (Å²) in [5.41, 5.74) is 1.69. The summed E-state index contributed by atoms with van der Waals surface area (Å²) in [6.45, 7) is 6.96. The van der Waals surface area contributed by atoms with Gasteiger partial charge < -0.3 is 24.8 Å². The highest BCUT2D eigenvalue weighted by Gasteiger charge is 2.33. The highest BCUT2D eigenvalue weighted by molar-refractivity contribution is 6.32. The Kier molecular flexibility index (Phi) is 13.0. The first-order valence-corrected chi connectivity index (χ1v) is 15.1. The van der Waals surface area contributed by atoms with Crippen molar-refractivity contribution in [3.63, 3.8) is 0 Å². The van der Waals surface area contributed by atoms with Gasteiger partial charge >= 0.3 is 11.9 Å². The van der Waals surface area contributed by atoms with Crippen LogP contribution in [0.5, 0.6) is 5.75 Å². The van der Waals surface area contributed by atoms with E-state index in [2.05, 4.69) is 10.6 Å². The first-order valence-electron chi connectivity index (χ1n) is 14.7. The van der Waals surface area contributed by atoms with Crippen LogP contribution in [-0.2, 0) is 35.1 Å². The molecular formula is C34H41ClN2O7. The van der Waals surface area contributed by atoms with E-state index in [1.807, 2.05) is 49.4 Å². The molecule has 0 aromatic heterocycles. The van der Waals surface area contributed by atoms with Crippen LogP contribution in [0.4, 0.5) is 0 Å². The van der Waals surface area contributed by atoms with Gasteiger partial charge in [0.05, 0.1) is 18.1 Å². The number of carbonyl (C=O) groups is 4. The van der Waals surface area contributed by atoms with E-state index in [0.29, 0.717) is 16.3 Å². The Bertz CT molecular complexity index is 1360. The quantitative estimate of drug-likeness (QED) is 0.420. The predicted octanol–water partition coefficient (Wildman–Crippen LogP) is 4.92. The molecule has 0 spiro atoms. The van der Waals surface area contributed by atoms with Crippen molar-refractivity contribution in [3.05, 3.63) is 82.9 Å². The number of hydrogen-bond acceptors (Lipinski definition) is 7. The second-order valence-electron chi connectivity index (χ2n) is 11.2. The summed E-state index contributed by atoms with van der Waals surface area (Å²) < 4.78 is 16.7. The maximum Gasteiger partial charge on any atom is 0.348 e. The number of halogens is 1. The van der Waals surface area contributed by atoms with E-state index in [4.69, 9.17) is 25.8 Å². The molecule has 2 N–H and O–H groups in total. The minimum Gasteiger partial charge on any atom is -0.495 e. The number of benzene rings is 2. The number of rotatable bonds is 7. The molecule has 2 aromatic carbocycles. The normalized spacial score (nSPS) is 23.8. The summed E-state index contributed by atoms with van der Waals surface area (Å²) in [7, 11) is 1.50. The average Bonchev–Trinajstić information content (AvgIpc) is 3.00. The molecule has 0 saturated heterocycles. The highest BCUT2D eigenvalue weighted by Crippen LogP contribution is 2.26. The Morgan fingerprint density at radius 3 is 2.41 bits per heavy atom. The maximum atomic E-state index is 13.3. The molecule has 0 radical (unpaired) electrons. The molecule has 44 heavy (non-hydrogen) atoms. The molecule has 0 fully saturated rings. The first-order chi connectivity index (χ1) is 21.0. The van der Waals surface area contributed by atoms with Crippen molar-refractivity contribution in [2.75, 3.05) is 13.7 Å². The fourth-order valence-electron chi connectivity index (χ4n) is 4.51. The number of hydrogen-bond donors (Lipinski definition) is 2. The number of amides is 2. The Morgan fingerprint density at radius 2 is 1.75 bits per heavy atom. The lowest BCUT2D eigenvalue weighted by molar-refractivity contribution is -0.177. The Balaban J connectivity index is 1.89. The Morgan fingerprint density at radius 1 is 1.02 bits per heavy atom. The van der Waals surface area contributed by atoms with Crippen molar-refractivity contribution in [2.24, 2.45) is 17.8 Å². The summed E-state index contributed by atoms with van der Waals surface area (Å²) >= 11 is 6.28. The Labute approximate surface area is 264 Å². The van der Waals surface area contributed by atoms with Gasteiger partial charge in [-0.2, -0.15) is 0 Å². The highest BCUT2D eigenvalue weighted by atomic mass is 35.5. The second kappa shape index (κ2) is 16.7. The van der Waals surface area contributed by atoms with Crippen LogP contribution >= 0.6 is 11.6 Å². The largest absolute Gasteiger partial charge is 0.495 e. The SMILES string of the molecule is COc1ccc(C[C@H]2NC(=O)/C=C/C[C@@H](C(C)/C=C/c3ccccc3)OC(=O)[C@H](C(C)C)OC(=O)[C@H](C)CNC2=O)cc1Cl. The van der Waals surface area contributed by atoms with Gasteiger partial charge in [0.15, 0.2) is 0 Å². The molecular weight excluding hydrogens is 584 g/mol. The molecule has 2 amide bonds. The molecule has 1 heterocycles. The minimum absolute atomic E-state index is 0.0625. The number of methoxy groups -OCH3 is 1. The lowest BCUT2D eigenvalue weighted by atomic mass is 9.99. The molecule has 9 nitrogen and oxygen atoms in total. The van der Waals surface area contributed by atoms with E-state index < -0.39 is 47.9 Å². The van der Waals surface area contributed by atoms with Crippen LogP contribution in [0.3, 0.4) is 0 Å². The van der Waals surface area contributed by atoms with Crippen molar-refractivity contribution in [1.29, 1.82) is 0 Å². The van der Waals surface area contributed by atoms with Gasteiger partial charge in [-0.15, -0.1) is 0 Å². The molecule has 1 aliphatic heterocycles. The van der Waals surface area contributed by atoms with Crippen LogP contribution in [0.25, 0.3) is 6.08 Å². The smallest absolute Gasteiger partial charge is 0.348 e. The monoisotopic (exact) mass is 624 g/mol. The first kappa shape index (κ1) is 34.4. The van der Waals surface area contributed by atoms with E-state index in [1.54, 1.807) is 45.0 Å².